The Kier molecular flexibility index (Phi) is 3.13. The number of para-hydroxylation sites is 2. The number of aromatic nitrogens is 2. The lowest BCUT2D eigenvalue weighted by Crippen LogP contribution is -2.21. The lowest BCUT2D eigenvalue weighted by atomic mass is 10.1. The van der Waals surface area contributed by atoms with Crippen molar-refractivity contribution in [1.29, 1.82) is 0 Å². The van der Waals surface area contributed by atoms with Crippen molar-refractivity contribution in [1.82, 2.24) is 9.55 Å². The highest BCUT2D eigenvalue weighted by molar-refractivity contribution is 5.75. The van der Waals surface area contributed by atoms with E-state index in [0.29, 0.717) is 6.04 Å². The summed E-state index contributed by atoms with van der Waals surface area (Å²) in [7, 11) is 0. The van der Waals surface area contributed by atoms with Crippen LogP contribution < -0.4 is 5.69 Å². The number of nitrogens with zero attached hydrogens (tertiary/aromatic N) is 1. The van der Waals surface area contributed by atoms with Crippen LogP contribution in [0.15, 0.2) is 29.1 Å². The summed E-state index contributed by atoms with van der Waals surface area (Å²) in [4.78, 5) is 14.8. The topological polar surface area (TPSA) is 37.8 Å². The standard InChI is InChI=1S/C13H18N2O/c1-3-7-10(4-2)15-12-9-6-5-8-11(12)14-13(15)16/h5-6,8-10H,3-4,7H2,1-2H3,(H,14,16). The van der Waals surface area contributed by atoms with Crippen LogP contribution in [0.2, 0.25) is 0 Å². The Morgan fingerprint density at radius 3 is 2.75 bits per heavy atom. The van der Waals surface area contributed by atoms with Crippen molar-refractivity contribution in [2.45, 2.75) is 39.2 Å². The van der Waals surface area contributed by atoms with Crippen LogP contribution in [0.3, 0.4) is 0 Å². The van der Waals surface area contributed by atoms with Crippen LogP contribution in [-0.4, -0.2) is 9.55 Å². The molecular formula is C13H18N2O. The van der Waals surface area contributed by atoms with Gasteiger partial charge in [-0.1, -0.05) is 32.4 Å². The summed E-state index contributed by atoms with van der Waals surface area (Å²) in [5, 5.41) is 0. The minimum Gasteiger partial charge on any atom is -0.306 e. The maximum atomic E-state index is 11.9. The number of imidazole rings is 1. The fraction of sp³-hybridized carbons (Fsp3) is 0.462. The van der Waals surface area contributed by atoms with E-state index in [1.165, 1.54) is 0 Å². The van der Waals surface area contributed by atoms with Crippen LogP contribution >= 0.6 is 0 Å². The number of benzene rings is 1. The number of rotatable bonds is 4. The van der Waals surface area contributed by atoms with Crippen molar-refractivity contribution in [3.63, 3.8) is 0 Å². The summed E-state index contributed by atoms with van der Waals surface area (Å²) in [5.41, 5.74) is 1.97. The molecule has 1 aromatic carbocycles. The van der Waals surface area contributed by atoms with E-state index in [0.717, 1.165) is 30.3 Å². The quantitative estimate of drug-likeness (QED) is 0.841. The molecule has 0 amide bonds. The zero-order valence-corrected chi connectivity index (χ0v) is 9.86. The van der Waals surface area contributed by atoms with E-state index < -0.39 is 0 Å². The smallest absolute Gasteiger partial charge is 0.306 e. The molecule has 0 aliphatic carbocycles. The Morgan fingerprint density at radius 1 is 1.31 bits per heavy atom. The lowest BCUT2D eigenvalue weighted by molar-refractivity contribution is 0.447. The van der Waals surface area contributed by atoms with Gasteiger partial charge < -0.3 is 4.98 Å². The van der Waals surface area contributed by atoms with Gasteiger partial charge in [-0.05, 0) is 25.0 Å². The highest BCUT2D eigenvalue weighted by Gasteiger charge is 2.13. The molecule has 0 radical (unpaired) electrons. The predicted octanol–water partition coefficient (Wildman–Crippen LogP) is 3.08. The first kappa shape index (κ1) is 11.0. The number of fused-ring (bicyclic) bond motifs is 1. The molecule has 0 spiro atoms. The Hall–Kier alpha value is -1.51. The zero-order valence-electron chi connectivity index (χ0n) is 9.86. The summed E-state index contributed by atoms with van der Waals surface area (Å²) >= 11 is 0. The minimum absolute atomic E-state index is 0.0153. The maximum absolute atomic E-state index is 11.9. The van der Waals surface area contributed by atoms with Crippen LogP contribution in [0.1, 0.15) is 39.2 Å². The fourth-order valence-electron chi connectivity index (χ4n) is 2.29. The van der Waals surface area contributed by atoms with Gasteiger partial charge in [-0.2, -0.15) is 0 Å². The van der Waals surface area contributed by atoms with Gasteiger partial charge in [0.15, 0.2) is 0 Å². The second-order valence-corrected chi connectivity index (χ2v) is 4.17. The van der Waals surface area contributed by atoms with Crippen molar-refractivity contribution in [3.05, 3.63) is 34.7 Å². The van der Waals surface area contributed by atoms with Gasteiger partial charge >= 0.3 is 5.69 Å². The van der Waals surface area contributed by atoms with Gasteiger partial charge in [0.25, 0.3) is 0 Å². The summed E-state index contributed by atoms with van der Waals surface area (Å²) in [5.74, 6) is 0. The van der Waals surface area contributed by atoms with Crippen LogP contribution in [0, 0.1) is 0 Å². The molecule has 0 bridgehead atoms. The third kappa shape index (κ3) is 1.77. The second-order valence-electron chi connectivity index (χ2n) is 4.17. The summed E-state index contributed by atoms with van der Waals surface area (Å²) in [6.45, 7) is 4.29. The zero-order chi connectivity index (χ0) is 11.5. The third-order valence-electron chi connectivity index (χ3n) is 3.08. The van der Waals surface area contributed by atoms with E-state index >= 15 is 0 Å². The van der Waals surface area contributed by atoms with Crippen molar-refractivity contribution < 1.29 is 0 Å². The number of nitrogens with one attached hydrogen (secondary N) is 1. The average Bonchev–Trinajstić information content (AvgIpc) is 2.62. The average molecular weight is 218 g/mol. The monoisotopic (exact) mass is 218 g/mol. The number of aromatic amines is 1. The van der Waals surface area contributed by atoms with E-state index in [9.17, 15) is 4.79 Å². The van der Waals surface area contributed by atoms with Crippen molar-refractivity contribution in [2.24, 2.45) is 0 Å². The first-order chi connectivity index (χ1) is 7.77. The normalized spacial score (nSPS) is 13.1. The first-order valence-electron chi connectivity index (χ1n) is 5.97. The van der Waals surface area contributed by atoms with Gasteiger partial charge in [0.05, 0.1) is 11.0 Å². The Labute approximate surface area is 95.1 Å². The van der Waals surface area contributed by atoms with Crippen molar-refractivity contribution in [3.8, 4) is 0 Å². The molecule has 0 saturated heterocycles. The molecule has 3 nitrogen and oxygen atoms in total. The molecule has 86 valence electrons. The van der Waals surface area contributed by atoms with Crippen LogP contribution in [0.4, 0.5) is 0 Å². The van der Waals surface area contributed by atoms with E-state index in [-0.39, 0.29) is 5.69 Å². The molecule has 0 aliphatic rings. The highest BCUT2D eigenvalue weighted by atomic mass is 16.1. The van der Waals surface area contributed by atoms with Gasteiger partial charge in [-0.15, -0.1) is 0 Å². The van der Waals surface area contributed by atoms with E-state index in [4.69, 9.17) is 0 Å². The Bertz CT molecular complexity index is 524. The molecule has 1 unspecified atom stereocenters. The Balaban J connectivity index is 2.57. The van der Waals surface area contributed by atoms with Crippen LogP contribution in [0.5, 0.6) is 0 Å². The molecule has 0 fully saturated rings. The molecular weight excluding hydrogens is 200 g/mol. The second kappa shape index (κ2) is 4.56. The van der Waals surface area contributed by atoms with E-state index in [1.807, 2.05) is 28.8 Å². The molecule has 1 N–H and O–H groups in total. The summed E-state index contributed by atoms with van der Waals surface area (Å²) < 4.78 is 1.90. The third-order valence-corrected chi connectivity index (χ3v) is 3.08. The van der Waals surface area contributed by atoms with E-state index in [2.05, 4.69) is 18.8 Å². The molecule has 3 heteroatoms. The number of hydrogen-bond donors (Lipinski definition) is 1. The molecule has 2 rings (SSSR count). The van der Waals surface area contributed by atoms with Crippen molar-refractivity contribution >= 4 is 11.0 Å². The lowest BCUT2D eigenvalue weighted by Gasteiger charge is -2.15. The van der Waals surface area contributed by atoms with Crippen LogP contribution in [-0.2, 0) is 0 Å². The number of hydrogen-bond acceptors (Lipinski definition) is 1. The van der Waals surface area contributed by atoms with Crippen LogP contribution in [0.25, 0.3) is 11.0 Å². The SMILES string of the molecule is CCCC(CC)n1c(=O)[nH]c2ccccc21. The van der Waals surface area contributed by atoms with Gasteiger partial charge in [0.1, 0.15) is 0 Å². The fourth-order valence-corrected chi connectivity index (χ4v) is 2.29. The molecule has 16 heavy (non-hydrogen) atoms. The van der Waals surface area contributed by atoms with Gasteiger partial charge in [-0.25, -0.2) is 4.79 Å². The van der Waals surface area contributed by atoms with Gasteiger partial charge in [-0.3, -0.25) is 4.57 Å². The van der Waals surface area contributed by atoms with Gasteiger partial charge in [0, 0.05) is 6.04 Å². The number of H-pyrrole nitrogens is 1. The highest BCUT2D eigenvalue weighted by Crippen LogP contribution is 2.20. The molecule has 0 saturated carbocycles. The molecule has 1 atom stereocenters. The maximum Gasteiger partial charge on any atom is 0.326 e. The van der Waals surface area contributed by atoms with E-state index in [1.54, 1.807) is 0 Å². The van der Waals surface area contributed by atoms with Crippen molar-refractivity contribution in [2.75, 3.05) is 0 Å². The molecule has 0 aliphatic heterocycles. The molecule has 1 aromatic heterocycles. The first-order valence-corrected chi connectivity index (χ1v) is 5.97. The predicted molar refractivity (Wildman–Crippen MR) is 66.8 cm³/mol. The largest absolute Gasteiger partial charge is 0.326 e. The minimum atomic E-state index is 0.0153. The molecule has 1 heterocycles. The van der Waals surface area contributed by atoms with Gasteiger partial charge in [0.2, 0.25) is 0 Å². The summed E-state index contributed by atoms with van der Waals surface area (Å²) in [6, 6.07) is 8.19. The molecule has 2 aromatic rings. The summed E-state index contributed by atoms with van der Waals surface area (Å²) in [6.07, 6.45) is 3.15. The Morgan fingerprint density at radius 2 is 2.06 bits per heavy atom.